The van der Waals surface area contributed by atoms with Crippen LogP contribution in [0.2, 0.25) is 0 Å². The molecule has 0 aromatic carbocycles. The van der Waals surface area contributed by atoms with Crippen LogP contribution in [0, 0.1) is 5.92 Å². The molecule has 0 aliphatic rings. The maximum Gasteiger partial charge on any atom is 0.333 e. The Hall–Kier alpha value is -1.05. The fourth-order valence-corrected chi connectivity index (χ4v) is 0.741. The Bertz CT molecular complexity index is 178. The first kappa shape index (κ1) is 9.95. The summed E-state index contributed by atoms with van der Waals surface area (Å²) in [5, 5.41) is 0. The number of carbonyl (C=O) groups is 1. The lowest BCUT2D eigenvalue weighted by Crippen LogP contribution is -2.09. The second-order valence-electron chi connectivity index (χ2n) is 2.50. The number of ether oxygens (including phenoxy) is 1. The molecule has 0 radical (unpaired) electrons. The highest BCUT2D eigenvalue weighted by atomic mass is 16.5. The van der Waals surface area contributed by atoms with Crippen LogP contribution in [0.1, 0.15) is 13.8 Å². The molecule has 0 amide bonds. The van der Waals surface area contributed by atoms with E-state index < -0.39 is 0 Å². The van der Waals surface area contributed by atoms with E-state index in [1.807, 2.05) is 13.8 Å². The van der Waals surface area contributed by atoms with E-state index in [0.29, 0.717) is 5.57 Å². The minimum atomic E-state index is -0.278. The number of hydrogen-bond acceptors (Lipinski definition) is 2. The molecule has 0 saturated carbocycles. The predicted octanol–water partition coefficient (Wildman–Crippen LogP) is 1.93. The average molecular weight is 154 g/mol. The minimum absolute atomic E-state index is 0.181. The molecule has 0 unspecified atom stereocenters. The fourth-order valence-electron chi connectivity index (χ4n) is 0.741. The maximum absolute atomic E-state index is 11.0. The van der Waals surface area contributed by atoms with Crippen molar-refractivity contribution in [1.82, 2.24) is 0 Å². The number of carbonyl (C=O) groups excluding carboxylic acids is 1. The van der Waals surface area contributed by atoms with E-state index in [2.05, 4.69) is 11.3 Å². The van der Waals surface area contributed by atoms with E-state index in [1.54, 1.807) is 12.2 Å². The summed E-state index contributed by atoms with van der Waals surface area (Å²) in [6.45, 7) is 7.39. The van der Waals surface area contributed by atoms with Gasteiger partial charge in [-0.15, -0.1) is 0 Å². The standard InChI is InChI=1S/C9H14O2/c1-5-6-8(7(2)3)9(10)11-4/h5-7H,1H2,2-4H3. The molecule has 0 aliphatic carbocycles. The lowest BCUT2D eigenvalue weighted by molar-refractivity contribution is -0.136. The summed E-state index contributed by atoms with van der Waals surface area (Å²) in [5.74, 6) is -0.0969. The van der Waals surface area contributed by atoms with Crippen molar-refractivity contribution in [3.05, 3.63) is 24.3 Å². The first-order valence-electron chi connectivity index (χ1n) is 3.54. The molecule has 0 atom stereocenters. The summed E-state index contributed by atoms with van der Waals surface area (Å²) in [7, 11) is 1.38. The third-order valence-electron chi connectivity index (χ3n) is 1.34. The smallest absolute Gasteiger partial charge is 0.333 e. The molecule has 0 N–H and O–H groups in total. The molecule has 0 saturated heterocycles. The van der Waals surface area contributed by atoms with Gasteiger partial charge in [-0.05, 0) is 5.92 Å². The van der Waals surface area contributed by atoms with E-state index >= 15 is 0 Å². The Morgan fingerprint density at radius 2 is 2.09 bits per heavy atom. The predicted molar refractivity (Wildman–Crippen MR) is 45.1 cm³/mol. The lowest BCUT2D eigenvalue weighted by Gasteiger charge is -2.06. The van der Waals surface area contributed by atoms with Gasteiger partial charge in [-0.25, -0.2) is 4.79 Å². The Balaban J connectivity index is 4.47. The Morgan fingerprint density at radius 1 is 1.55 bits per heavy atom. The number of hydrogen-bond donors (Lipinski definition) is 0. The van der Waals surface area contributed by atoms with Crippen molar-refractivity contribution in [2.75, 3.05) is 7.11 Å². The van der Waals surface area contributed by atoms with Gasteiger partial charge in [0.05, 0.1) is 7.11 Å². The van der Waals surface area contributed by atoms with Crippen LogP contribution in [-0.4, -0.2) is 13.1 Å². The van der Waals surface area contributed by atoms with Crippen LogP contribution >= 0.6 is 0 Å². The van der Waals surface area contributed by atoms with Crippen LogP contribution in [0.4, 0.5) is 0 Å². The SMILES string of the molecule is C=CC=C(C(=O)OC)C(C)C. The summed E-state index contributed by atoms with van der Waals surface area (Å²) in [4.78, 5) is 11.0. The van der Waals surface area contributed by atoms with Crippen molar-refractivity contribution in [2.24, 2.45) is 5.92 Å². The highest BCUT2D eigenvalue weighted by Crippen LogP contribution is 2.10. The van der Waals surface area contributed by atoms with Crippen molar-refractivity contribution < 1.29 is 9.53 Å². The molecule has 11 heavy (non-hydrogen) atoms. The Morgan fingerprint density at radius 3 is 2.36 bits per heavy atom. The normalized spacial score (nSPS) is 11.5. The topological polar surface area (TPSA) is 26.3 Å². The first-order chi connectivity index (χ1) is 5.13. The zero-order chi connectivity index (χ0) is 8.85. The molecule has 0 bridgehead atoms. The van der Waals surface area contributed by atoms with Gasteiger partial charge >= 0.3 is 5.97 Å². The molecular formula is C9H14O2. The lowest BCUT2D eigenvalue weighted by atomic mass is 10.0. The average Bonchev–Trinajstić information content (AvgIpc) is 1.98. The van der Waals surface area contributed by atoms with E-state index in [0.717, 1.165) is 0 Å². The van der Waals surface area contributed by atoms with Gasteiger partial charge in [0, 0.05) is 5.57 Å². The Kier molecular flexibility index (Phi) is 4.27. The molecule has 62 valence electrons. The quantitative estimate of drug-likeness (QED) is 0.352. The second kappa shape index (κ2) is 4.72. The van der Waals surface area contributed by atoms with Gasteiger partial charge in [0.15, 0.2) is 0 Å². The van der Waals surface area contributed by atoms with Crippen LogP contribution in [-0.2, 0) is 9.53 Å². The molecule has 0 heterocycles. The summed E-state index contributed by atoms with van der Waals surface area (Å²) in [5.41, 5.74) is 0.655. The van der Waals surface area contributed by atoms with Gasteiger partial charge in [0.1, 0.15) is 0 Å². The van der Waals surface area contributed by atoms with Gasteiger partial charge in [0.25, 0.3) is 0 Å². The summed E-state index contributed by atoms with van der Waals surface area (Å²) in [6.07, 6.45) is 3.27. The zero-order valence-electron chi connectivity index (χ0n) is 7.26. The monoisotopic (exact) mass is 154 g/mol. The van der Waals surface area contributed by atoms with Crippen molar-refractivity contribution >= 4 is 5.97 Å². The maximum atomic E-state index is 11.0. The van der Waals surface area contributed by atoms with Gasteiger partial charge in [-0.3, -0.25) is 0 Å². The first-order valence-corrected chi connectivity index (χ1v) is 3.54. The summed E-state index contributed by atoms with van der Waals surface area (Å²) in [6, 6.07) is 0. The molecular weight excluding hydrogens is 140 g/mol. The molecule has 2 nitrogen and oxygen atoms in total. The third-order valence-corrected chi connectivity index (χ3v) is 1.34. The highest BCUT2D eigenvalue weighted by molar-refractivity contribution is 5.89. The molecule has 0 aliphatic heterocycles. The number of allylic oxidation sites excluding steroid dienone is 2. The highest BCUT2D eigenvalue weighted by Gasteiger charge is 2.11. The van der Waals surface area contributed by atoms with E-state index in [1.165, 1.54) is 7.11 Å². The van der Waals surface area contributed by atoms with E-state index in [-0.39, 0.29) is 11.9 Å². The molecule has 0 spiro atoms. The largest absolute Gasteiger partial charge is 0.466 e. The molecule has 0 fully saturated rings. The van der Waals surface area contributed by atoms with Gasteiger partial charge in [0.2, 0.25) is 0 Å². The van der Waals surface area contributed by atoms with Crippen LogP contribution in [0.5, 0.6) is 0 Å². The van der Waals surface area contributed by atoms with Crippen molar-refractivity contribution in [3.8, 4) is 0 Å². The van der Waals surface area contributed by atoms with Crippen molar-refractivity contribution in [2.45, 2.75) is 13.8 Å². The number of esters is 1. The van der Waals surface area contributed by atoms with Gasteiger partial charge in [-0.2, -0.15) is 0 Å². The molecule has 0 aromatic heterocycles. The van der Waals surface area contributed by atoms with E-state index in [4.69, 9.17) is 0 Å². The number of rotatable bonds is 3. The van der Waals surface area contributed by atoms with Crippen LogP contribution in [0.15, 0.2) is 24.3 Å². The molecule has 0 aromatic rings. The summed E-state index contributed by atoms with van der Waals surface area (Å²) >= 11 is 0. The second-order valence-corrected chi connectivity index (χ2v) is 2.50. The third kappa shape index (κ3) is 3.03. The van der Waals surface area contributed by atoms with Crippen LogP contribution in [0.25, 0.3) is 0 Å². The van der Waals surface area contributed by atoms with Crippen LogP contribution in [0.3, 0.4) is 0 Å². The van der Waals surface area contributed by atoms with Crippen molar-refractivity contribution in [1.29, 1.82) is 0 Å². The van der Waals surface area contributed by atoms with Gasteiger partial charge in [-0.1, -0.05) is 32.6 Å². The number of methoxy groups -OCH3 is 1. The fraction of sp³-hybridized carbons (Fsp3) is 0.444. The Labute approximate surface area is 67.6 Å². The molecule has 2 heteroatoms. The zero-order valence-corrected chi connectivity index (χ0v) is 7.26. The van der Waals surface area contributed by atoms with E-state index in [9.17, 15) is 4.79 Å². The van der Waals surface area contributed by atoms with Crippen molar-refractivity contribution in [3.63, 3.8) is 0 Å². The van der Waals surface area contributed by atoms with Crippen LogP contribution < -0.4 is 0 Å². The minimum Gasteiger partial charge on any atom is -0.466 e. The summed E-state index contributed by atoms with van der Waals surface area (Å²) < 4.78 is 4.57. The molecule has 0 rings (SSSR count). The van der Waals surface area contributed by atoms with Gasteiger partial charge < -0.3 is 4.74 Å².